The van der Waals surface area contributed by atoms with Gasteiger partial charge in [-0.1, -0.05) is 0 Å². The molecular formula is C10H13N3OSn. The van der Waals surface area contributed by atoms with Crippen molar-refractivity contribution in [3.8, 4) is 0 Å². The van der Waals surface area contributed by atoms with Crippen molar-refractivity contribution in [3.63, 3.8) is 0 Å². The first-order valence-corrected chi connectivity index (χ1v) is 15.1. The van der Waals surface area contributed by atoms with Crippen molar-refractivity contribution in [2.24, 2.45) is 4.99 Å². The van der Waals surface area contributed by atoms with Crippen molar-refractivity contribution in [2.75, 3.05) is 0 Å². The molecule has 1 atom stereocenters. The molecular weight excluding hydrogens is 297 g/mol. The van der Waals surface area contributed by atoms with E-state index in [-0.39, 0.29) is 9.84 Å². The van der Waals surface area contributed by atoms with Gasteiger partial charge in [0.15, 0.2) is 0 Å². The van der Waals surface area contributed by atoms with Gasteiger partial charge in [-0.15, -0.1) is 0 Å². The fourth-order valence-corrected chi connectivity index (χ4v) is 5.83. The summed E-state index contributed by atoms with van der Waals surface area (Å²) in [6.07, 6.45) is 5.15. The van der Waals surface area contributed by atoms with Gasteiger partial charge in [0.05, 0.1) is 0 Å². The van der Waals surface area contributed by atoms with Crippen LogP contribution in [0, 0.1) is 0 Å². The summed E-state index contributed by atoms with van der Waals surface area (Å²) in [6, 6.07) is 0. The molecule has 0 aliphatic carbocycles. The number of amides is 1. The van der Waals surface area contributed by atoms with Crippen molar-refractivity contribution in [1.82, 2.24) is 9.97 Å². The first-order valence-electron chi connectivity index (χ1n) is 4.89. The molecule has 0 fully saturated rings. The van der Waals surface area contributed by atoms with Gasteiger partial charge in [0.25, 0.3) is 0 Å². The van der Waals surface area contributed by atoms with Gasteiger partial charge in [0.1, 0.15) is 0 Å². The Morgan fingerprint density at radius 3 is 2.73 bits per heavy atom. The number of rotatable bonds is 1. The van der Waals surface area contributed by atoms with E-state index in [1.54, 1.807) is 6.20 Å². The van der Waals surface area contributed by atoms with Crippen molar-refractivity contribution in [3.05, 3.63) is 23.2 Å². The molecule has 1 aliphatic rings. The Bertz CT molecular complexity index is 518. The maximum atomic E-state index is 11.8. The Labute approximate surface area is 92.0 Å². The second-order valence-electron chi connectivity index (χ2n) is 4.76. The quantitative estimate of drug-likeness (QED) is 0.693. The number of fused-ring (bicyclic) bond motifs is 1. The molecule has 78 valence electrons. The first kappa shape index (κ1) is 10.7. The third-order valence-electron chi connectivity index (χ3n) is 2.48. The second-order valence-corrected chi connectivity index (χ2v) is 20.0. The summed E-state index contributed by atoms with van der Waals surface area (Å²) in [5.74, 6) is -0.0236. The minimum absolute atomic E-state index is 0.0236. The second kappa shape index (κ2) is 3.66. The van der Waals surface area contributed by atoms with Crippen LogP contribution >= 0.6 is 0 Å². The zero-order chi connectivity index (χ0) is 11.1. The molecule has 0 N–H and O–H groups in total. The van der Waals surface area contributed by atoms with E-state index >= 15 is 0 Å². The van der Waals surface area contributed by atoms with E-state index in [1.807, 2.05) is 6.08 Å². The fourth-order valence-electron chi connectivity index (χ4n) is 1.59. The predicted octanol–water partition coefficient (Wildman–Crippen LogP) is 0.125. The van der Waals surface area contributed by atoms with Crippen LogP contribution in [0.2, 0.25) is 18.8 Å². The van der Waals surface area contributed by atoms with Gasteiger partial charge in [-0.25, -0.2) is 0 Å². The number of carbonyl (C=O) groups is 1. The molecule has 0 saturated carbocycles. The number of hydrogen-bond acceptors (Lipinski definition) is 3. The average molecular weight is 310 g/mol. The third kappa shape index (κ3) is 2.09. The van der Waals surface area contributed by atoms with E-state index < -0.39 is 18.4 Å². The summed E-state index contributed by atoms with van der Waals surface area (Å²) in [5, 5.41) is 0.897. The van der Waals surface area contributed by atoms with E-state index in [2.05, 4.69) is 29.8 Å². The van der Waals surface area contributed by atoms with Gasteiger partial charge in [0.2, 0.25) is 0 Å². The van der Waals surface area contributed by atoms with Gasteiger partial charge in [0, 0.05) is 0 Å². The van der Waals surface area contributed by atoms with Crippen LogP contribution in [0.1, 0.15) is 0 Å². The SMILES string of the molecule is [CH3][Sn]([CH3])([CH3])[CH]1C=c2cncnc2=NC1=O. The number of nitrogens with zero attached hydrogens (tertiary/aromatic N) is 3. The Balaban J connectivity index is 2.62. The number of hydrogen-bond donors (Lipinski definition) is 0. The summed E-state index contributed by atoms with van der Waals surface area (Å²) in [6.45, 7) is 0. The summed E-state index contributed by atoms with van der Waals surface area (Å²) in [5.41, 5.74) is 0.516. The van der Waals surface area contributed by atoms with Crippen LogP contribution in [0.15, 0.2) is 17.5 Å². The standard InChI is InChI=1S/C7H4N3O.3CH3.Sn/c11-6-2-1-5-3-8-4-9-7(5)10-6;;;;/h1-4H;3*1H3;. The van der Waals surface area contributed by atoms with E-state index in [0.717, 1.165) is 5.22 Å². The van der Waals surface area contributed by atoms with Crippen LogP contribution < -0.4 is 10.7 Å². The molecule has 15 heavy (non-hydrogen) atoms. The zero-order valence-electron chi connectivity index (χ0n) is 9.06. The van der Waals surface area contributed by atoms with Crippen LogP contribution in [0.3, 0.4) is 0 Å². The predicted molar refractivity (Wildman–Crippen MR) is 59.4 cm³/mol. The van der Waals surface area contributed by atoms with E-state index in [4.69, 9.17) is 0 Å². The minimum atomic E-state index is -2.27. The summed E-state index contributed by atoms with van der Waals surface area (Å²) < 4.78 is 0.0257. The molecule has 2 rings (SSSR count). The van der Waals surface area contributed by atoms with E-state index in [1.165, 1.54) is 6.33 Å². The summed E-state index contributed by atoms with van der Waals surface area (Å²) >= 11 is -2.27. The molecule has 1 aliphatic heterocycles. The van der Waals surface area contributed by atoms with Crippen LogP contribution in [-0.4, -0.2) is 34.3 Å². The molecule has 1 amide bonds. The Morgan fingerprint density at radius 2 is 2.07 bits per heavy atom. The monoisotopic (exact) mass is 311 g/mol. The molecule has 0 radical (unpaired) electrons. The summed E-state index contributed by atoms with van der Waals surface area (Å²) in [7, 11) is 0. The Morgan fingerprint density at radius 1 is 1.33 bits per heavy atom. The molecule has 1 aromatic heterocycles. The molecule has 1 aromatic rings. The number of aromatic nitrogens is 2. The van der Waals surface area contributed by atoms with Crippen LogP contribution in [-0.2, 0) is 4.79 Å². The van der Waals surface area contributed by atoms with Crippen LogP contribution in [0.25, 0.3) is 6.08 Å². The van der Waals surface area contributed by atoms with Gasteiger partial charge in [-0.3, -0.25) is 0 Å². The Kier molecular flexibility index (Phi) is 2.62. The molecule has 0 spiro atoms. The molecule has 0 saturated heterocycles. The normalized spacial score (nSPS) is 20.2. The van der Waals surface area contributed by atoms with Crippen LogP contribution in [0.5, 0.6) is 0 Å². The van der Waals surface area contributed by atoms with Crippen molar-refractivity contribution >= 4 is 30.4 Å². The summed E-state index contributed by atoms with van der Waals surface area (Å²) in [4.78, 5) is 30.5. The fraction of sp³-hybridized carbons (Fsp3) is 0.400. The van der Waals surface area contributed by atoms with Crippen molar-refractivity contribution in [1.29, 1.82) is 0 Å². The zero-order valence-corrected chi connectivity index (χ0v) is 11.9. The molecule has 4 nitrogen and oxygen atoms in total. The Hall–Kier alpha value is -0.781. The molecule has 1 unspecified atom stereocenters. The van der Waals surface area contributed by atoms with Crippen molar-refractivity contribution in [2.45, 2.75) is 18.8 Å². The number of carbonyl (C=O) groups excluding carboxylic acids is 1. The van der Waals surface area contributed by atoms with E-state index in [0.29, 0.717) is 5.49 Å². The van der Waals surface area contributed by atoms with Gasteiger partial charge < -0.3 is 0 Å². The van der Waals surface area contributed by atoms with Crippen LogP contribution in [0.4, 0.5) is 0 Å². The van der Waals surface area contributed by atoms with Crippen molar-refractivity contribution < 1.29 is 4.79 Å². The van der Waals surface area contributed by atoms with Gasteiger partial charge >= 0.3 is 92.1 Å². The average Bonchev–Trinajstić information content (AvgIpc) is 2.15. The maximum absolute atomic E-state index is 11.8. The molecule has 5 heteroatoms. The first-order chi connectivity index (χ1) is 6.98. The molecule has 0 aromatic carbocycles. The van der Waals surface area contributed by atoms with E-state index in [9.17, 15) is 4.79 Å². The molecule has 2 heterocycles. The topological polar surface area (TPSA) is 55.2 Å². The molecule has 0 bridgehead atoms. The van der Waals surface area contributed by atoms with Gasteiger partial charge in [-0.2, -0.15) is 0 Å². The van der Waals surface area contributed by atoms with Gasteiger partial charge in [-0.05, 0) is 0 Å². The third-order valence-corrected chi connectivity index (χ3v) is 8.99.